The van der Waals surface area contributed by atoms with Gasteiger partial charge in [-0.25, -0.2) is 0 Å². The molecule has 9 heteroatoms. The summed E-state index contributed by atoms with van der Waals surface area (Å²) in [7, 11) is 3.25. The number of nitrogens with zero attached hydrogens (tertiary/aromatic N) is 3. The van der Waals surface area contributed by atoms with Crippen molar-refractivity contribution < 1.29 is 14.2 Å². The first-order chi connectivity index (χ1) is 16.6. The molecule has 0 saturated heterocycles. The third-order valence-corrected chi connectivity index (χ3v) is 6.49. The Hall–Kier alpha value is -3.49. The smallest absolute Gasteiger partial charge is 0.247 e. The minimum atomic E-state index is -0.585. The summed E-state index contributed by atoms with van der Waals surface area (Å²) in [4.78, 5) is 4.71. The molecule has 0 bridgehead atoms. The molecule has 0 unspecified atom stereocenters. The van der Waals surface area contributed by atoms with Crippen LogP contribution in [0.1, 0.15) is 17.4 Å². The number of thioether (sulfide) groups is 1. The Kier molecular flexibility index (Phi) is 6.42. The van der Waals surface area contributed by atoms with E-state index in [4.69, 9.17) is 30.8 Å². The monoisotopic (exact) mass is 492 g/mol. The molecule has 1 aromatic heterocycles. The Morgan fingerprint density at radius 3 is 2.62 bits per heavy atom. The molecule has 1 aliphatic rings. The molecule has 1 atom stereocenters. The van der Waals surface area contributed by atoms with Crippen LogP contribution in [-0.4, -0.2) is 29.4 Å². The van der Waals surface area contributed by atoms with Gasteiger partial charge >= 0.3 is 0 Å². The second-order valence-corrected chi connectivity index (χ2v) is 8.84. The number of hydrogen-bond acceptors (Lipinski definition) is 8. The summed E-state index contributed by atoms with van der Waals surface area (Å²) in [5.41, 5.74) is 4.17. The fourth-order valence-electron chi connectivity index (χ4n) is 3.62. The molecule has 2 heterocycles. The summed E-state index contributed by atoms with van der Waals surface area (Å²) in [6, 6.07) is 21.1. The number of aromatic nitrogens is 3. The van der Waals surface area contributed by atoms with Gasteiger partial charge in [0, 0.05) is 22.0 Å². The highest BCUT2D eigenvalue weighted by Gasteiger charge is 2.28. The molecule has 0 fully saturated rings. The minimum Gasteiger partial charge on any atom is -0.497 e. The van der Waals surface area contributed by atoms with Gasteiger partial charge in [-0.15, -0.1) is 10.2 Å². The summed E-state index contributed by atoms with van der Waals surface area (Å²) >= 11 is 7.47. The number of benzene rings is 3. The highest BCUT2D eigenvalue weighted by atomic mass is 35.5. The van der Waals surface area contributed by atoms with E-state index < -0.39 is 6.23 Å². The predicted molar refractivity (Wildman–Crippen MR) is 133 cm³/mol. The second kappa shape index (κ2) is 9.79. The summed E-state index contributed by atoms with van der Waals surface area (Å²) in [6.45, 7) is 0. The Balaban J connectivity index is 1.51. The molecular weight excluding hydrogens is 472 g/mol. The first-order valence-corrected chi connectivity index (χ1v) is 11.9. The molecule has 172 valence electrons. The highest BCUT2D eigenvalue weighted by Crippen LogP contribution is 2.41. The van der Waals surface area contributed by atoms with Crippen molar-refractivity contribution in [1.82, 2.24) is 15.2 Å². The molecule has 1 aliphatic heterocycles. The van der Waals surface area contributed by atoms with Gasteiger partial charge in [-0.2, -0.15) is 4.98 Å². The Labute approximate surface area is 206 Å². The first kappa shape index (κ1) is 22.3. The van der Waals surface area contributed by atoms with Crippen molar-refractivity contribution in [2.75, 3.05) is 19.5 Å². The third-order valence-electron chi connectivity index (χ3n) is 5.33. The Morgan fingerprint density at radius 1 is 1.00 bits per heavy atom. The normalized spacial score (nSPS) is 14.1. The van der Waals surface area contributed by atoms with E-state index in [2.05, 4.69) is 15.5 Å². The van der Waals surface area contributed by atoms with Crippen LogP contribution in [0, 0.1) is 0 Å². The van der Waals surface area contributed by atoms with Crippen LogP contribution in [-0.2, 0) is 5.75 Å². The van der Waals surface area contributed by atoms with Gasteiger partial charge in [-0.3, -0.25) is 0 Å². The molecule has 4 aromatic rings. The van der Waals surface area contributed by atoms with Crippen LogP contribution in [0.3, 0.4) is 0 Å². The zero-order valence-corrected chi connectivity index (χ0v) is 20.1. The first-order valence-electron chi connectivity index (χ1n) is 10.5. The summed E-state index contributed by atoms with van der Waals surface area (Å²) in [6.07, 6.45) is -0.585. The summed E-state index contributed by atoms with van der Waals surface area (Å²) < 4.78 is 17.4. The van der Waals surface area contributed by atoms with Crippen LogP contribution < -0.4 is 19.5 Å². The lowest BCUT2D eigenvalue weighted by molar-refractivity contribution is 0.219. The number of ether oxygens (including phenoxy) is 3. The molecular formula is C25H21ClN4O3S. The molecule has 5 rings (SSSR count). The predicted octanol–water partition coefficient (Wildman–Crippen LogP) is 6.00. The fraction of sp³-hybridized carbons (Fsp3) is 0.160. The Bertz CT molecular complexity index is 1320. The number of para-hydroxylation sites is 1. The topological polar surface area (TPSA) is 78.4 Å². The number of anilines is 1. The van der Waals surface area contributed by atoms with Gasteiger partial charge in [0.05, 0.1) is 19.8 Å². The van der Waals surface area contributed by atoms with E-state index in [9.17, 15) is 0 Å². The van der Waals surface area contributed by atoms with Gasteiger partial charge in [0.2, 0.25) is 17.3 Å². The number of halogens is 1. The average molecular weight is 493 g/mol. The molecule has 7 nitrogen and oxygen atoms in total. The molecule has 0 radical (unpaired) electrons. The van der Waals surface area contributed by atoms with Crippen LogP contribution in [0.25, 0.3) is 11.3 Å². The lowest BCUT2D eigenvalue weighted by Crippen LogP contribution is -2.18. The van der Waals surface area contributed by atoms with Gasteiger partial charge in [0.25, 0.3) is 0 Å². The van der Waals surface area contributed by atoms with Crippen molar-refractivity contribution in [1.29, 1.82) is 0 Å². The van der Waals surface area contributed by atoms with Crippen LogP contribution in [0.4, 0.5) is 5.69 Å². The maximum atomic E-state index is 6.38. The van der Waals surface area contributed by atoms with Crippen molar-refractivity contribution in [3.05, 3.63) is 82.9 Å². The summed E-state index contributed by atoms with van der Waals surface area (Å²) in [5.74, 6) is 2.43. The zero-order valence-electron chi connectivity index (χ0n) is 18.5. The Morgan fingerprint density at radius 2 is 1.82 bits per heavy atom. The molecule has 0 amide bonds. The summed E-state index contributed by atoms with van der Waals surface area (Å²) in [5, 5.41) is 13.5. The zero-order chi connectivity index (χ0) is 23.5. The van der Waals surface area contributed by atoms with Crippen LogP contribution >= 0.6 is 23.4 Å². The minimum absolute atomic E-state index is 0.390. The van der Waals surface area contributed by atoms with E-state index in [0.29, 0.717) is 39.0 Å². The molecule has 0 saturated carbocycles. The van der Waals surface area contributed by atoms with Crippen LogP contribution in [0.2, 0.25) is 5.02 Å². The van der Waals surface area contributed by atoms with Gasteiger partial charge in [0.1, 0.15) is 11.5 Å². The van der Waals surface area contributed by atoms with Crippen molar-refractivity contribution in [3.8, 4) is 28.6 Å². The number of hydrogen-bond donors (Lipinski definition) is 1. The molecule has 34 heavy (non-hydrogen) atoms. The van der Waals surface area contributed by atoms with Crippen LogP contribution in [0.15, 0.2) is 71.9 Å². The van der Waals surface area contributed by atoms with Gasteiger partial charge < -0.3 is 19.5 Å². The van der Waals surface area contributed by atoms with E-state index in [1.54, 1.807) is 14.2 Å². The molecule has 1 N–H and O–H groups in total. The van der Waals surface area contributed by atoms with Crippen LogP contribution in [0.5, 0.6) is 17.4 Å². The van der Waals surface area contributed by atoms with E-state index in [1.165, 1.54) is 11.8 Å². The third kappa shape index (κ3) is 4.60. The van der Waals surface area contributed by atoms with Crippen molar-refractivity contribution in [2.45, 2.75) is 17.1 Å². The van der Waals surface area contributed by atoms with Crippen molar-refractivity contribution in [2.24, 2.45) is 0 Å². The van der Waals surface area contributed by atoms with Gasteiger partial charge in [-0.05, 0) is 42.0 Å². The molecule has 0 spiro atoms. The van der Waals surface area contributed by atoms with E-state index in [0.717, 1.165) is 22.4 Å². The number of fused-ring (bicyclic) bond motifs is 3. The number of nitrogens with one attached hydrogen (secondary N) is 1. The van der Waals surface area contributed by atoms with Crippen molar-refractivity contribution >= 4 is 29.1 Å². The van der Waals surface area contributed by atoms with Crippen molar-refractivity contribution in [3.63, 3.8) is 0 Å². The molecule has 3 aromatic carbocycles. The van der Waals surface area contributed by atoms with Gasteiger partial charge in [-0.1, -0.05) is 53.7 Å². The second-order valence-electron chi connectivity index (χ2n) is 7.46. The standard InChI is InChI=1S/C25H21ClN4O3S/c1-31-17-11-12-21(32-2)19(13-17)23-27-20-6-4-3-5-18(20)22-24(33-23)28-25(30-29-22)34-14-15-7-9-16(26)10-8-15/h3-13,23,27H,14H2,1-2H3/t23-/m0/s1. The largest absolute Gasteiger partial charge is 0.497 e. The molecule has 0 aliphatic carbocycles. The SMILES string of the molecule is COc1ccc(OC)c([C@H]2Nc3ccccc3-c3nnc(SCc4ccc(Cl)cc4)nc3O2)c1. The van der Waals surface area contributed by atoms with E-state index >= 15 is 0 Å². The number of rotatable bonds is 6. The maximum Gasteiger partial charge on any atom is 0.247 e. The lowest BCUT2D eigenvalue weighted by Gasteiger charge is -2.21. The highest BCUT2D eigenvalue weighted by molar-refractivity contribution is 7.98. The van der Waals surface area contributed by atoms with E-state index in [1.807, 2.05) is 66.7 Å². The lowest BCUT2D eigenvalue weighted by atomic mass is 10.1. The average Bonchev–Trinajstić information content (AvgIpc) is 3.04. The fourth-order valence-corrected chi connectivity index (χ4v) is 4.48. The quantitative estimate of drug-likeness (QED) is 0.328. The number of methoxy groups -OCH3 is 2. The van der Waals surface area contributed by atoms with Gasteiger partial charge in [0.15, 0.2) is 5.69 Å². The van der Waals surface area contributed by atoms with E-state index in [-0.39, 0.29) is 0 Å². The maximum absolute atomic E-state index is 6.38.